The quantitative estimate of drug-likeness (QED) is 0.514. The van der Waals surface area contributed by atoms with Crippen molar-refractivity contribution in [3.05, 3.63) is 45.9 Å². The summed E-state index contributed by atoms with van der Waals surface area (Å²) in [5.74, 6) is 0.272. The molecule has 0 amide bonds. The number of nitrogen functional groups attached to an aromatic ring is 1. The van der Waals surface area contributed by atoms with Crippen molar-refractivity contribution < 1.29 is 4.74 Å². The average Bonchev–Trinajstić information content (AvgIpc) is 3.36. The lowest BCUT2D eigenvalue weighted by Gasteiger charge is -2.15. The number of benzene rings is 1. The van der Waals surface area contributed by atoms with Crippen molar-refractivity contribution in [1.82, 2.24) is 24.0 Å². The van der Waals surface area contributed by atoms with Crippen LogP contribution in [0.3, 0.4) is 0 Å². The summed E-state index contributed by atoms with van der Waals surface area (Å²) < 4.78 is 9.08. The van der Waals surface area contributed by atoms with Gasteiger partial charge in [0.2, 0.25) is 0 Å². The summed E-state index contributed by atoms with van der Waals surface area (Å²) in [5, 5.41) is 0. The summed E-state index contributed by atoms with van der Waals surface area (Å²) in [6, 6.07) is 8.62. The molecule has 1 aromatic carbocycles. The molecule has 1 saturated heterocycles. The Labute approximate surface area is 189 Å². The number of nitrogens with two attached hydrogens (primary N) is 1. The first-order valence-corrected chi connectivity index (χ1v) is 11.7. The number of unbranched alkanes of at least 4 members (excludes halogenated alkanes) is 1. The van der Waals surface area contributed by atoms with Crippen molar-refractivity contribution in [1.29, 1.82) is 0 Å². The first-order chi connectivity index (χ1) is 15.5. The minimum atomic E-state index is -0.133. The van der Waals surface area contributed by atoms with E-state index in [2.05, 4.69) is 46.1 Å². The largest absolute Gasteiger partial charge is 0.463 e. The lowest BCUT2D eigenvalue weighted by molar-refractivity contribution is 0.286. The van der Waals surface area contributed by atoms with E-state index in [1.165, 1.54) is 18.4 Å². The second-order valence-corrected chi connectivity index (χ2v) is 8.90. The molecule has 0 radical (unpaired) electrons. The van der Waals surface area contributed by atoms with Crippen molar-refractivity contribution in [3.8, 4) is 6.01 Å². The smallest absolute Gasteiger partial charge is 0.330 e. The van der Waals surface area contributed by atoms with E-state index in [0.717, 1.165) is 38.0 Å². The van der Waals surface area contributed by atoms with Gasteiger partial charge in [-0.1, -0.05) is 37.6 Å². The molecule has 2 aromatic heterocycles. The third-order valence-corrected chi connectivity index (χ3v) is 5.99. The van der Waals surface area contributed by atoms with Crippen LogP contribution in [0.15, 0.2) is 29.1 Å². The second kappa shape index (κ2) is 9.73. The van der Waals surface area contributed by atoms with E-state index < -0.39 is 0 Å². The van der Waals surface area contributed by atoms with Crippen LogP contribution < -0.4 is 16.2 Å². The van der Waals surface area contributed by atoms with Crippen molar-refractivity contribution in [2.75, 3.05) is 25.4 Å². The van der Waals surface area contributed by atoms with Gasteiger partial charge in [0.05, 0.1) is 13.2 Å². The number of fused-ring (bicyclic) bond motifs is 1. The van der Waals surface area contributed by atoms with Gasteiger partial charge in [-0.15, -0.1) is 0 Å². The fourth-order valence-corrected chi connectivity index (χ4v) is 4.38. The summed E-state index contributed by atoms with van der Waals surface area (Å²) >= 11 is 0. The zero-order valence-electron chi connectivity index (χ0n) is 19.4. The predicted molar refractivity (Wildman–Crippen MR) is 127 cm³/mol. The summed E-state index contributed by atoms with van der Waals surface area (Å²) in [7, 11) is 0. The topological polar surface area (TPSA) is 91.2 Å². The molecule has 1 fully saturated rings. The Hall–Kier alpha value is -2.87. The van der Waals surface area contributed by atoms with Crippen LogP contribution in [0.4, 0.5) is 5.82 Å². The van der Waals surface area contributed by atoms with Crippen LogP contribution in [-0.2, 0) is 13.1 Å². The molecule has 0 saturated carbocycles. The lowest BCUT2D eigenvalue weighted by atomic mass is 10.1. The highest BCUT2D eigenvalue weighted by atomic mass is 16.5. The highest BCUT2D eigenvalue weighted by Gasteiger charge is 2.22. The van der Waals surface area contributed by atoms with E-state index in [1.807, 2.05) is 13.8 Å². The number of rotatable bonds is 9. The van der Waals surface area contributed by atoms with Crippen LogP contribution in [0.5, 0.6) is 6.01 Å². The number of nitrogens with zero attached hydrogens (tertiary/aromatic N) is 5. The van der Waals surface area contributed by atoms with Gasteiger partial charge in [-0.25, -0.2) is 4.79 Å². The SMILES string of the molecule is CCCCOc1nc(N)c2c(n1)n(Cc1cccc(CN3CCCC3)c1)c(=O)n2C(C)C. The van der Waals surface area contributed by atoms with E-state index in [4.69, 9.17) is 10.5 Å². The number of aromatic nitrogens is 4. The molecule has 3 heterocycles. The molecule has 1 aliphatic rings. The molecular formula is C24H34N6O2. The molecular weight excluding hydrogens is 404 g/mol. The molecule has 3 aromatic rings. The van der Waals surface area contributed by atoms with Crippen molar-refractivity contribution in [2.24, 2.45) is 0 Å². The van der Waals surface area contributed by atoms with Gasteiger partial charge in [-0.2, -0.15) is 9.97 Å². The molecule has 8 heteroatoms. The molecule has 2 N–H and O–H groups in total. The maximum Gasteiger partial charge on any atom is 0.330 e. The maximum absolute atomic E-state index is 13.4. The van der Waals surface area contributed by atoms with Gasteiger partial charge < -0.3 is 10.5 Å². The average molecular weight is 439 g/mol. The zero-order valence-corrected chi connectivity index (χ0v) is 19.4. The number of hydrogen-bond acceptors (Lipinski definition) is 6. The van der Waals surface area contributed by atoms with Crippen molar-refractivity contribution >= 4 is 17.0 Å². The molecule has 0 atom stereocenters. The standard InChI is InChI=1S/C24H34N6O2/c1-4-5-13-32-23-26-21(25)20-22(27-23)29(24(31)30(20)17(2)3)16-19-10-8-9-18(14-19)15-28-11-6-7-12-28/h8-10,14,17H,4-7,11-13,15-16H2,1-3H3,(H2,25,26,27). The van der Waals surface area contributed by atoms with Crippen LogP contribution in [-0.4, -0.2) is 43.7 Å². The molecule has 0 spiro atoms. The van der Waals surface area contributed by atoms with Crippen molar-refractivity contribution in [3.63, 3.8) is 0 Å². The molecule has 0 unspecified atom stereocenters. The molecule has 0 bridgehead atoms. The number of ether oxygens (including phenoxy) is 1. The third kappa shape index (κ3) is 4.65. The fourth-order valence-electron chi connectivity index (χ4n) is 4.38. The minimum absolute atomic E-state index is 0.0643. The van der Waals surface area contributed by atoms with Crippen LogP contribution in [0, 0.1) is 0 Å². The van der Waals surface area contributed by atoms with Gasteiger partial charge in [-0.3, -0.25) is 14.0 Å². The van der Waals surface area contributed by atoms with Crippen LogP contribution >= 0.6 is 0 Å². The Bertz CT molecular complexity index is 1130. The molecule has 4 rings (SSSR count). The highest BCUT2D eigenvalue weighted by Crippen LogP contribution is 2.24. The second-order valence-electron chi connectivity index (χ2n) is 8.90. The fraction of sp³-hybridized carbons (Fsp3) is 0.542. The van der Waals surface area contributed by atoms with Gasteiger partial charge in [0, 0.05) is 12.6 Å². The summed E-state index contributed by atoms with van der Waals surface area (Å²) in [6.07, 6.45) is 4.46. The first kappa shape index (κ1) is 22.3. The minimum Gasteiger partial charge on any atom is -0.463 e. The van der Waals surface area contributed by atoms with Gasteiger partial charge in [0.1, 0.15) is 5.52 Å². The van der Waals surface area contributed by atoms with E-state index in [-0.39, 0.29) is 23.6 Å². The number of hydrogen-bond donors (Lipinski definition) is 1. The van der Waals surface area contributed by atoms with Gasteiger partial charge in [0.25, 0.3) is 0 Å². The monoisotopic (exact) mass is 438 g/mol. The van der Waals surface area contributed by atoms with E-state index in [0.29, 0.717) is 24.3 Å². The summed E-state index contributed by atoms with van der Waals surface area (Å²) in [5.41, 5.74) is 9.57. The van der Waals surface area contributed by atoms with Crippen molar-refractivity contribution in [2.45, 2.75) is 65.6 Å². The molecule has 32 heavy (non-hydrogen) atoms. The third-order valence-electron chi connectivity index (χ3n) is 5.99. The Morgan fingerprint density at radius 2 is 1.84 bits per heavy atom. The highest BCUT2D eigenvalue weighted by molar-refractivity contribution is 5.83. The Balaban J connectivity index is 1.71. The Morgan fingerprint density at radius 3 is 2.53 bits per heavy atom. The summed E-state index contributed by atoms with van der Waals surface area (Å²) in [6.45, 7) is 10.2. The van der Waals surface area contributed by atoms with Gasteiger partial charge in [0.15, 0.2) is 11.5 Å². The lowest BCUT2D eigenvalue weighted by Crippen LogP contribution is -2.26. The molecule has 8 nitrogen and oxygen atoms in total. The van der Waals surface area contributed by atoms with Crippen LogP contribution in [0.25, 0.3) is 11.2 Å². The number of anilines is 1. The van der Waals surface area contributed by atoms with E-state index in [9.17, 15) is 4.79 Å². The Morgan fingerprint density at radius 1 is 1.12 bits per heavy atom. The van der Waals surface area contributed by atoms with E-state index in [1.54, 1.807) is 9.13 Å². The maximum atomic E-state index is 13.4. The van der Waals surface area contributed by atoms with Crippen LogP contribution in [0.1, 0.15) is 63.6 Å². The van der Waals surface area contributed by atoms with E-state index >= 15 is 0 Å². The molecule has 1 aliphatic heterocycles. The Kier molecular flexibility index (Phi) is 6.79. The van der Waals surface area contributed by atoms with Gasteiger partial charge in [-0.05, 0) is 57.3 Å². The normalized spacial score (nSPS) is 14.6. The number of imidazole rings is 1. The van der Waals surface area contributed by atoms with Crippen LogP contribution in [0.2, 0.25) is 0 Å². The first-order valence-electron chi connectivity index (χ1n) is 11.7. The predicted octanol–water partition coefficient (Wildman–Crippen LogP) is 3.58. The van der Waals surface area contributed by atoms with Gasteiger partial charge >= 0.3 is 11.7 Å². The zero-order chi connectivity index (χ0) is 22.7. The number of likely N-dealkylation sites (tertiary alicyclic amines) is 1. The molecule has 0 aliphatic carbocycles. The molecule has 172 valence electrons. The summed E-state index contributed by atoms with van der Waals surface area (Å²) in [4.78, 5) is 24.8.